The van der Waals surface area contributed by atoms with Crippen LogP contribution in [0, 0.1) is 18.8 Å². The van der Waals surface area contributed by atoms with Gasteiger partial charge in [-0.05, 0) is 31.1 Å². The monoisotopic (exact) mass is 267 g/mol. The molecule has 3 rings (SSSR count). The topological polar surface area (TPSA) is 68.0 Å². The number of nitrogens with zero attached hydrogens (tertiary/aromatic N) is 2. The van der Waals surface area contributed by atoms with E-state index in [9.17, 15) is 4.79 Å². The minimum Gasteiger partial charge on any atom is -0.416 e. The highest BCUT2D eigenvalue weighted by Crippen LogP contribution is 2.44. The maximum atomic E-state index is 11.8. The van der Waals surface area contributed by atoms with E-state index in [2.05, 4.69) is 15.5 Å². The predicted octanol–water partition coefficient (Wildman–Crippen LogP) is 1.77. The number of aryl methyl sites for hydroxylation is 1. The molecule has 0 spiro atoms. The van der Waals surface area contributed by atoms with Crippen molar-refractivity contribution in [1.82, 2.24) is 15.5 Å². The van der Waals surface area contributed by atoms with E-state index in [0.717, 1.165) is 11.8 Å². The Morgan fingerprint density at radius 2 is 2.33 bits per heavy atom. The lowest BCUT2D eigenvalue weighted by Crippen LogP contribution is -2.39. The molecule has 2 saturated carbocycles. The third-order valence-corrected chi connectivity index (χ3v) is 4.74. The third kappa shape index (κ3) is 2.53. The van der Waals surface area contributed by atoms with Crippen LogP contribution in [0.25, 0.3) is 0 Å². The summed E-state index contributed by atoms with van der Waals surface area (Å²) in [7, 11) is 0. The van der Waals surface area contributed by atoms with Gasteiger partial charge in [0.2, 0.25) is 11.8 Å². The summed E-state index contributed by atoms with van der Waals surface area (Å²) in [6, 6.07) is 0.404. The van der Waals surface area contributed by atoms with Crippen molar-refractivity contribution in [2.75, 3.05) is 5.75 Å². The second-order valence-electron chi connectivity index (χ2n) is 5.22. The molecular weight excluding hydrogens is 250 g/mol. The molecule has 98 valence electrons. The van der Waals surface area contributed by atoms with Crippen LogP contribution in [-0.4, -0.2) is 27.9 Å². The van der Waals surface area contributed by atoms with Crippen molar-refractivity contribution in [1.29, 1.82) is 0 Å². The maximum Gasteiger partial charge on any atom is 0.277 e. The van der Waals surface area contributed by atoms with Crippen LogP contribution in [0.1, 0.15) is 31.6 Å². The first kappa shape index (κ1) is 12.0. The molecule has 2 fully saturated rings. The van der Waals surface area contributed by atoms with E-state index in [1.165, 1.54) is 37.4 Å². The Bertz CT molecular complexity index is 448. The van der Waals surface area contributed by atoms with Gasteiger partial charge in [-0.1, -0.05) is 18.2 Å². The summed E-state index contributed by atoms with van der Waals surface area (Å²) in [6.45, 7) is 1.74. The first-order valence-electron chi connectivity index (χ1n) is 6.43. The lowest BCUT2D eigenvalue weighted by Gasteiger charge is -2.22. The number of carbonyl (C=O) groups is 1. The molecule has 0 unspecified atom stereocenters. The number of amides is 1. The molecule has 1 amide bonds. The summed E-state index contributed by atoms with van der Waals surface area (Å²) >= 11 is 1.30. The molecule has 18 heavy (non-hydrogen) atoms. The number of aromatic nitrogens is 2. The number of hydrogen-bond acceptors (Lipinski definition) is 5. The van der Waals surface area contributed by atoms with Gasteiger partial charge < -0.3 is 9.73 Å². The van der Waals surface area contributed by atoms with Crippen molar-refractivity contribution < 1.29 is 9.21 Å². The van der Waals surface area contributed by atoms with Gasteiger partial charge >= 0.3 is 0 Å². The molecule has 3 atom stereocenters. The van der Waals surface area contributed by atoms with Crippen LogP contribution in [0.4, 0.5) is 0 Å². The lowest BCUT2D eigenvalue weighted by molar-refractivity contribution is -0.119. The van der Waals surface area contributed by atoms with Crippen molar-refractivity contribution in [2.45, 2.75) is 43.9 Å². The summed E-state index contributed by atoms with van der Waals surface area (Å²) in [6.07, 6.45) is 5.11. The van der Waals surface area contributed by atoms with E-state index in [1.807, 2.05) is 0 Å². The lowest BCUT2D eigenvalue weighted by atomic mass is 9.95. The van der Waals surface area contributed by atoms with Crippen molar-refractivity contribution >= 4 is 17.7 Å². The average molecular weight is 267 g/mol. The zero-order chi connectivity index (χ0) is 12.5. The Morgan fingerprint density at radius 3 is 2.94 bits per heavy atom. The van der Waals surface area contributed by atoms with Gasteiger partial charge in [0.1, 0.15) is 0 Å². The second kappa shape index (κ2) is 4.91. The first-order chi connectivity index (χ1) is 8.70. The summed E-state index contributed by atoms with van der Waals surface area (Å²) in [4.78, 5) is 11.8. The predicted molar refractivity (Wildman–Crippen MR) is 67.1 cm³/mol. The Kier molecular flexibility index (Phi) is 3.28. The van der Waals surface area contributed by atoms with E-state index >= 15 is 0 Å². The van der Waals surface area contributed by atoms with Crippen molar-refractivity contribution in [3.05, 3.63) is 5.89 Å². The SMILES string of the molecule is Cc1nnc(SCC(=O)N[C@@H]2C[C@H]3CC[C@@H]2C3)o1. The van der Waals surface area contributed by atoms with Crippen LogP contribution in [0.2, 0.25) is 0 Å². The summed E-state index contributed by atoms with van der Waals surface area (Å²) in [5, 5.41) is 11.2. The maximum absolute atomic E-state index is 11.8. The molecule has 2 bridgehead atoms. The molecule has 1 aromatic rings. The van der Waals surface area contributed by atoms with E-state index in [-0.39, 0.29) is 5.91 Å². The minimum atomic E-state index is 0.0772. The van der Waals surface area contributed by atoms with Crippen LogP contribution in [0.15, 0.2) is 9.64 Å². The second-order valence-corrected chi connectivity index (χ2v) is 6.15. The van der Waals surface area contributed by atoms with Gasteiger partial charge in [0, 0.05) is 13.0 Å². The summed E-state index contributed by atoms with van der Waals surface area (Å²) in [5.41, 5.74) is 0. The van der Waals surface area contributed by atoms with Crippen LogP contribution in [-0.2, 0) is 4.79 Å². The number of nitrogens with one attached hydrogen (secondary N) is 1. The van der Waals surface area contributed by atoms with Gasteiger partial charge in [0.15, 0.2) is 0 Å². The molecule has 1 aromatic heterocycles. The third-order valence-electron chi connectivity index (χ3n) is 3.92. The molecule has 5 nitrogen and oxygen atoms in total. The average Bonchev–Trinajstić information content (AvgIpc) is 3.03. The fourth-order valence-corrected chi connectivity index (χ4v) is 3.75. The van der Waals surface area contributed by atoms with Crippen LogP contribution in [0.5, 0.6) is 0 Å². The van der Waals surface area contributed by atoms with Crippen LogP contribution < -0.4 is 5.32 Å². The van der Waals surface area contributed by atoms with Crippen LogP contribution in [0.3, 0.4) is 0 Å². The highest BCUT2D eigenvalue weighted by atomic mass is 32.2. The zero-order valence-electron chi connectivity index (χ0n) is 10.4. The minimum absolute atomic E-state index is 0.0772. The van der Waals surface area contributed by atoms with Gasteiger partial charge in [-0.2, -0.15) is 0 Å². The largest absolute Gasteiger partial charge is 0.416 e. The Balaban J connectivity index is 1.45. The molecule has 1 heterocycles. The molecular formula is C12H17N3O2S. The molecule has 6 heteroatoms. The molecule has 0 saturated heterocycles. The molecule has 2 aliphatic carbocycles. The number of carbonyl (C=O) groups excluding carboxylic acids is 1. The van der Waals surface area contributed by atoms with Crippen molar-refractivity contribution in [3.63, 3.8) is 0 Å². The molecule has 0 aromatic carbocycles. The van der Waals surface area contributed by atoms with Gasteiger partial charge in [0.25, 0.3) is 5.22 Å². The number of hydrogen-bond donors (Lipinski definition) is 1. The van der Waals surface area contributed by atoms with E-state index < -0.39 is 0 Å². The number of thioether (sulfide) groups is 1. The highest BCUT2D eigenvalue weighted by molar-refractivity contribution is 7.99. The Labute approximate surface area is 110 Å². The number of rotatable bonds is 4. The molecule has 2 aliphatic rings. The summed E-state index contributed by atoms with van der Waals surface area (Å²) < 4.78 is 5.21. The first-order valence-corrected chi connectivity index (χ1v) is 7.41. The Hall–Kier alpha value is -1.04. The number of fused-ring (bicyclic) bond motifs is 2. The van der Waals surface area contributed by atoms with Crippen LogP contribution >= 0.6 is 11.8 Å². The smallest absolute Gasteiger partial charge is 0.277 e. The Morgan fingerprint density at radius 1 is 1.44 bits per heavy atom. The normalized spacial score (nSPS) is 29.7. The zero-order valence-corrected chi connectivity index (χ0v) is 11.2. The molecule has 0 aliphatic heterocycles. The van der Waals surface area contributed by atoms with E-state index in [4.69, 9.17) is 4.42 Å². The fraction of sp³-hybridized carbons (Fsp3) is 0.750. The highest BCUT2D eigenvalue weighted by Gasteiger charge is 2.39. The molecule has 1 N–H and O–H groups in total. The van der Waals surface area contributed by atoms with E-state index in [0.29, 0.717) is 22.9 Å². The van der Waals surface area contributed by atoms with Gasteiger partial charge in [-0.15, -0.1) is 10.2 Å². The summed E-state index contributed by atoms with van der Waals surface area (Å²) in [5.74, 6) is 2.54. The molecule has 0 radical (unpaired) electrons. The van der Waals surface area contributed by atoms with Gasteiger partial charge in [-0.3, -0.25) is 4.79 Å². The van der Waals surface area contributed by atoms with Gasteiger partial charge in [0.05, 0.1) is 5.75 Å². The standard InChI is InChI=1S/C12H17N3O2S/c1-7-14-15-12(17-7)18-6-11(16)13-10-5-8-2-3-9(10)4-8/h8-10H,2-6H2,1H3,(H,13,16)/t8-,9+,10+/m0/s1. The quantitative estimate of drug-likeness (QED) is 0.842. The fourth-order valence-electron chi connectivity index (χ4n) is 3.13. The van der Waals surface area contributed by atoms with Gasteiger partial charge in [-0.25, -0.2) is 0 Å². The van der Waals surface area contributed by atoms with E-state index in [1.54, 1.807) is 6.92 Å². The van der Waals surface area contributed by atoms with Crippen molar-refractivity contribution in [3.8, 4) is 0 Å². The van der Waals surface area contributed by atoms with Crippen molar-refractivity contribution in [2.24, 2.45) is 11.8 Å².